The molecule has 0 saturated carbocycles. The van der Waals surface area contributed by atoms with Gasteiger partial charge in [-0.1, -0.05) is 0 Å². The Balaban J connectivity index is 0. The topological polar surface area (TPSA) is 89.6 Å². The average molecular weight is 231 g/mol. The SMILES string of the molecule is CC(C)(C)OC(N)=O.O=C(O)C(F)(F)F. The lowest BCUT2D eigenvalue weighted by molar-refractivity contribution is -0.192. The minimum absolute atomic E-state index is 0.453. The molecule has 0 aliphatic heterocycles. The minimum Gasteiger partial charge on any atom is -0.475 e. The Labute approximate surface area is 84.0 Å². The van der Waals surface area contributed by atoms with Crippen LogP contribution in [-0.4, -0.2) is 28.9 Å². The van der Waals surface area contributed by atoms with Crippen LogP contribution in [0.4, 0.5) is 18.0 Å². The van der Waals surface area contributed by atoms with Gasteiger partial charge in [-0.05, 0) is 20.8 Å². The molecule has 15 heavy (non-hydrogen) atoms. The Morgan fingerprint density at radius 3 is 1.47 bits per heavy atom. The van der Waals surface area contributed by atoms with Crippen LogP contribution in [0.1, 0.15) is 20.8 Å². The van der Waals surface area contributed by atoms with E-state index < -0.39 is 23.8 Å². The number of hydrogen-bond acceptors (Lipinski definition) is 3. The predicted octanol–water partition coefficient (Wildman–Crippen LogP) is 1.51. The van der Waals surface area contributed by atoms with E-state index in [2.05, 4.69) is 4.74 Å². The minimum atomic E-state index is -5.08. The van der Waals surface area contributed by atoms with Gasteiger partial charge in [0.15, 0.2) is 0 Å². The number of nitrogens with two attached hydrogens (primary N) is 1. The monoisotopic (exact) mass is 231 g/mol. The molecule has 0 aliphatic rings. The van der Waals surface area contributed by atoms with E-state index >= 15 is 0 Å². The van der Waals surface area contributed by atoms with Crippen molar-refractivity contribution in [1.82, 2.24) is 0 Å². The maximum Gasteiger partial charge on any atom is 0.490 e. The lowest BCUT2D eigenvalue weighted by Gasteiger charge is -2.16. The van der Waals surface area contributed by atoms with Crippen LogP contribution in [0.15, 0.2) is 0 Å². The zero-order valence-electron chi connectivity index (χ0n) is 8.38. The summed E-state index contributed by atoms with van der Waals surface area (Å²) in [4.78, 5) is 18.9. The van der Waals surface area contributed by atoms with Crippen LogP contribution in [0, 0.1) is 0 Å². The second-order valence-electron chi connectivity index (χ2n) is 3.34. The first kappa shape index (κ1) is 16.0. The van der Waals surface area contributed by atoms with Gasteiger partial charge in [-0.3, -0.25) is 0 Å². The fourth-order valence-corrected chi connectivity index (χ4v) is 0.302. The summed E-state index contributed by atoms with van der Waals surface area (Å²) in [6, 6.07) is 0. The fraction of sp³-hybridized carbons (Fsp3) is 0.714. The normalized spacial score (nSPS) is 11.1. The molecule has 0 atom stereocenters. The first-order valence-corrected chi connectivity index (χ1v) is 3.65. The first-order chi connectivity index (χ1) is 6.36. The number of aliphatic carboxylic acids is 1. The van der Waals surface area contributed by atoms with E-state index in [1.807, 2.05) is 0 Å². The highest BCUT2D eigenvalue weighted by atomic mass is 19.4. The Kier molecular flexibility index (Phi) is 5.77. The second-order valence-corrected chi connectivity index (χ2v) is 3.34. The number of carbonyl (C=O) groups is 2. The Bertz CT molecular complexity index is 231. The Hall–Kier alpha value is -1.47. The molecule has 0 aliphatic carbocycles. The molecule has 0 rings (SSSR count). The molecule has 3 N–H and O–H groups in total. The lowest BCUT2D eigenvalue weighted by atomic mass is 10.2. The molecule has 90 valence electrons. The summed E-state index contributed by atoms with van der Waals surface area (Å²) >= 11 is 0. The zero-order valence-corrected chi connectivity index (χ0v) is 8.38. The summed E-state index contributed by atoms with van der Waals surface area (Å²) in [6.07, 6.45) is -5.81. The van der Waals surface area contributed by atoms with Gasteiger partial charge in [0.2, 0.25) is 0 Å². The summed E-state index contributed by atoms with van der Waals surface area (Å²) in [5.41, 5.74) is 4.26. The Morgan fingerprint density at radius 2 is 1.47 bits per heavy atom. The molecule has 8 heteroatoms. The van der Waals surface area contributed by atoms with E-state index in [0.717, 1.165) is 0 Å². The standard InChI is InChI=1S/C5H11NO2.C2HF3O2/c1-5(2,3)8-4(6)7;3-2(4,5)1(6)7/h1-3H3,(H2,6,7);(H,6,7). The summed E-state index contributed by atoms with van der Waals surface area (Å²) in [6.45, 7) is 5.28. The van der Waals surface area contributed by atoms with Gasteiger partial charge in [-0.15, -0.1) is 0 Å². The van der Waals surface area contributed by atoms with Crippen molar-refractivity contribution in [3.63, 3.8) is 0 Å². The molecular weight excluding hydrogens is 219 g/mol. The lowest BCUT2D eigenvalue weighted by Crippen LogP contribution is -2.27. The van der Waals surface area contributed by atoms with Crippen LogP contribution in [0.25, 0.3) is 0 Å². The smallest absolute Gasteiger partial charge is 0.475 e. The van der Waals surface area contributed by atoms with E-state index in [1.54, 1.807) is 20.8 Å². The van der Waals surface area contributed by atoms with Crippen molar-refractivity contribution >= 4 is 12.1 Å². The molecule has 0 aromatic carbocycles. The van der Waals surface area contributed by atoms with Crippen LogP contribution in [0.5, 0.6) is 0 Å². The number of alkyl halides is 3. The summed E-state index contributed by atoms with van der Waals surface area (Å²) in [5.74, 6) is -2.76. The van der Waals surface area contributed by atoms with Crippen molar-refractivity contribution in [3.8, 4) is 0 Å². The average Bonchev–Trinajstić information content (AvgIpc) is 1.78. The van der Waals surface area contributed by atoms with Crippen molar-refractivity contribution in [2.75, 3.05) is 0 Å². The third-order valence-electron chi connectivity index (χ3n) is 0.649. The number of amides is 1. The molecule has 5 nitrogen and oxygen atoms in total. The molecule has 0 radical (unpaired) electrons. The summed E-state index contributed by atoms with van der Waals surface area (Å²) in [7, 11) is 0. The molecule has 0 fully saturated rings. The van der Waals surface area contributed by atoms with Gasteiger partial charge in [0.05, 0.1) is 0 Å². The van der Waals surface area contributed by atoms with Crippen molar-refractivity contribution in [1.29, 1.82) is 0 Å². The third kappa shape index (κ3) is 15.3. The van der Waals surface area contributed by atoms with Crippen molar-refractivity contribution in [2.24, 2.45) is 5.73 Å². The van der Waals surface area contributed by atoms with Crippen molar-refractivity contribution in [3.05, 3.63) is 0 Å². The van der Waals surface area contributed by atoms with E-state index in [-0.39, 0.29) is 0 Å². The number of ether oxygens (including phenoxy) is 1. The maximum absolute atomic E-state index is 10.6. The van der Waals surface area contributed by atoms with E-state index in [4.69, 9.17) is 15.6 Å². The molecule has 0 bridgehead atoms. The van der Waals surface area contributed by atoms with Gasteiger partial charge in [0, 0.05) is 0 Å². The van der Waals surface area contributed by atoms with Gasteiger partial charge < -0.3 is 15.6 Å². The van der Waals surface area contributed by atoms with Gasteiger partial charge in [0.1, 0.15) is 5.60 Å². The summed E-state index contributed by atoms with van der Waals surface area (Å²) in [5, 5.41) is 7.12. The highest BCUT2D eigenvalue weighted by molar-refractivity contribution is 5.73. The molecule has 0 aromatic rings. The van der Waals surface area contributed by atoms with E-state index in [9.17, 15) is 18.0 Å². The maximum atomic E-state index is 10.6. The number of rotatable bonds is 0. The van der Waals surface area contributed by atoms with Gasteiger partial charge >= 0.3 is 18.2 Å². The van der Waals surface area contributed by atoms with Crippen LogP contribution in [-0.2, 0) is 9.53 Å². The third-order valence-corrected chi connectivity index (χ3v) is 0.649. The highest BCUT2D eigenvalue weighted by Crippen LogP contribution is 2.13. The Morgan fingerprint density at radius 1 is 1.20 bits per heavy atom. The van der Waals surface area contributed by atoms with Gasteiger partial charge in [0.25, 0.3) is 0 Å². The number of carboxylic acids is 1. The predicted molar refractivity (Wildman–Crippen MR) is 44.1 cm³/mol. The van der Waals surface area contributed by atoms with Crippen LogP contribution in [0.3, 0.4) is 0 Å². The molecular formula is C7H12F3NO4. The first-order valence-electron chi connectivity index (χ1n) is 3.65. The molecule has 0 unspecified atom stereocenters. The zero-order chi connectivity index (χ0) is 12.9. The largest absolute Gasteiger partial charge is 0.490 e. The number of carbonyl (C=O) groups excluding carboxylic acids is 1. The van der Waals surface area contributed by atoms with Crippen molar-refractivity contribution < 1.29 is 32.6 Å². The van der Waals surface area contributed by atoms with Gasteiger partial charge in [-0.2, -0.15) is 13.2 Å². The number of primary amides is 1. The van der Waals surface area contributed by atoms with E-state index in [0.29, 0.717) is 0 Å². The van der Waals surface area contributed by atoms with E-state index in [1.165, 1.54) is 0 Å². The van der Waals surface area contributed by atoms with Crippen LogP contribution >= 0.6 is 0 Å². The number of halogens is 3. The van der Waals surface area contributed by atoms with Crippen LogP contribution in [0.2, 0.25) is 0 Å². The highest BCUT2D eigenvalue weighted by Gasteiger charge is 2.38. The molecule has 0 aromatic heterocycles. The number of hydrogen-bond donors (Lipinski definition) is 2. The van der Waals surface area contributed by atoms with Gasteiger partial charge in [-0.25, -0.2) is 9.59 Å². The summed E-state index contributed by atoms with van der Waals surface area (Å²) < 4.78 is 36.3. The quantitative estimate of drug-likeness (QED) is 0.661. The molecule has 0 saturated heterocycles. The van der Waals surface area contributed by atoms with Crippen LogP contribution < -0.4 is 5.73 Å². The van der Waals surface area contributed by atoms with Crippen molar-refractivity contribution in [2.45, 2.75) is 32.5 Å². The molecule has 1 amide bonds. The number of carboxylic acid groups (broad SMARTS) is 1. The second kappa shape index (κ2) is 5.42. The molecule has 0 heterocycles. The fourth-order valence-electron chi connectivity index (χ4n) is 0.302. The molecule has 0 spiro atoms.